The first kappa shape index (κ1) is 25.9. The molecule has 5 rings (SSSR count). The van der Waals surface area contributed by atoms with Crippen molar-refractivity contribution < 1.29 is 9.47 Å². The van der Waals surface area contributed by atoms with Gasteiger partial charge < -0.3 is 9.47 Å². The van der Waals surface area contributed by atoms with Gasteiger partial charge in [0.05, 0.1) is 19.4 Å². The van der Waals surface area contributed by atoms with Gasteiger partial charge in [0.1, 0.15) is 11.4 Å². The number of benzene rings is 4. The number of ether oxygens (including phenoxy) is 2. The highest BCUT2D eigenvalue weighted by molar-refractivity contribution is 7.46. The SMILES string of the molecule is COc1ccc(C(OCc2ccc(-c3cccc(C)c3)nc2)(c2ccccc2)c2ccc(PC)cc2)cc1. The summed E-state index contributed by atoms with van der Waals surface area (Å²) in [5, 5.41) is 1.32. The largest absolute Gasteiger partial charge is 0.497 e. The molecule has 0 radical (unpaired) electrons. The van der Waals surface area contributed by atoms with Crippen molar-refractivity contribution in [2.45, 2.75) is 19.1 Å². The number of rotatable bonds is 9. The highest BCUT2D eigenvalue weighted by atomic mass is 31.1. The molecule has 4 aromatic carbocycles. The molecule has 190 valence electrons. The van der Waals surface area contributed by atoms with Crippen molar-refractivity contribution in [1.82, 2.24) is 4.98 Å². The lowest BCUT2D eigenvalue weighted by Crippen LogP contribution is -2.33. The molecule has 1 aromatic heterocycles. The van der Waals surface area contributed by atoms with Gasteiger partial charge in [0, 0.05) is 11.8 Å². The lowest BCUT2D eigenvalue weighted by Gasteiger charge is -2.36. The van der Waals surface area contributed by atoms with E-state index in [4.69, 9.17) is 14.5 Å². The van der Waals surface area contributed by atoms with E-state index in [1.165, 1.54) is 10.9 Å². The zero-order chi connectivity index (χ0) is 26.4. The molecule has 0 N–H and O–H groups in total. The lowest BCUT2D eigenvalue weighted by molar-refractivity contribution is 0.000117. The number of pyridine rings is 1. The summed E-state index contributed by atoms with van der Waals surface area (Å²) in [4.78, 5) is 4.76. The van der Waals surface area contributed by atoms with E-state index < -0.39 is 5.60 Å². The molecule has 4 heteroatoms. The van der Waals surface area contributed by atoms with Crippen LogP contribution in [-0.4, -0.2) is 18.8 Å². The van der Waals surface area contributed by atoms with E-state index in [1.54, 1.807) is 7.11 Å². The molecule has 0 aliphatic carbocycles. The molecule has 0 aliphatic rings. The first-order valence-corrected chi connectivity index (χ1v) is 14.3. The third-order valence-electron chi connectivity index (χ3n) is 6.85. The predicted molar refractivity (Wildman–Crippen MR) is 159 cm³/mol. The van der Waals surface area contributed by atoms with Crippen LogP contribution in [0.5, 0.6) is 5.75 Å². The van der Waals surface area contributed by atoms with Crippen molar-refractivity contribution in [2.24, 2.45) is 0 Å². The van der Waals surface area contributed by atoms with Crippen molar-refractivity contribution in [3.05, 3.63) is 149 Å². The van der Waals surface area contributed by atoms with Crippen LogP contribution in [0.25, 0.3) is 11.3 Å². The maximum Gasteiger partial charge on any atom is 0.144 e. The summed E-state index contributed by atoms with van der Waals surface area (Å²) in [6.07, 6.45) is 1.92. The monoisotopic (exact) mass is 517 g/mol. The Kier molecular flexibility index (Phi) is 7.98. The number of aromatic nitrogens is 1. The molecule has 3 nitrogen and oxygen atoms in total. The van der Waals surface area contributed by atoms with E-state index in [0.717, 1.165) is 47.8 Å². The van der Waals surface area contributed by atoms with Crippen molar-refractivity contribution in [3.63, 3.8) is 0 Å². The second kappa shape index (κ2) is 11.7. The Bertz CT molecular complexity index is 1420. The van der Waals surface area contributed by atoms with Crippen LogP contribution in [-0.2, 0) is 16.9 Å². The Morgan fingerprint density at radius 2 is 1.42 bits per heavy atom. The van der Waals surface area contributed by atoms with Gasteiger partial charge >= 0.3 is 0 Å². The fourth-order valence-electron chi connectivity index (χ4n) is 4.80. The molecule has 0 spiro atoms. The fraction of sp³-hybridized carbons (Fsp3) is 0.147. The zero-order valence-electron chi connectivity index (χ0n) is 22.0. The maximum atomic E-state index is 7.01. The van der Waals surface area contributed by atoms with E-state index in [1.807, 2.05) is 24.4 Å². The predicted octanol–water partition coefficient (Wildman–Crippen LogP) is 7.51. The van der Waals surface area contributed by atoms with Crippen molar-refractivity contribution in [3.8, 4) is 17.0 Å². The van der Waals surface area contributed by atoms with Gasteiger partial charge in [-0.1, -0.05) is 105 Å². The van der Waals surface area contributed by atoms with Crippen LogP contribution >= 0.6 is 8.58 Å². The summed E-state index contributed by atoms with van der Waals surface area (Å²) in [5.41, 5.74) is 6.70. The standard InChI is InChI=1S/C34H32NO2P/c1-25-8-7-9-27(22-25)33-21-12-26(23-35-33)24-37-34(28-10-5-4-6-11-28,29-13-17-31(36-2)18-14-29)30-15-19-32(38-3)20-16-30/h4-23,38H,24H2,1-3H3. The van der Waals surface area contributed by atoms with E-state index in [2.05, 4.69) is 111 Å². The fourth-order valence-corrected chi connectivity index (χ4v) is 5.30. The first-order chi connectivity index (χ1) is 18.6. The molecule has 0 bridgehead atoms. The Morgan fingerprint density at radius 3 is 2.03 bits per heavy atom. The summed E-state index contributed by atoms with van der Waals surface area (Å²) >= 11 is 0. The first-order valence-electron chi connectivity index (χ1n) is 12.8. The Morgan fingerprint density at radius 1 is 0.737 bits per heavy atom. The van der Waals surface area contributed by atoms with Crippen molar-refractivity contribution in [1.29, 1.82) is 0 Å². The summed E-state index contributed by atoms with van der Waals surface area (Å²) in [7, 11) is 2.43. The van der Waals surface area contributed by atoms with Crippen LogP contribution in [0.15, 0.2) is 121 Å². The summed E-state index contributed by atoms with van der Waals surface area (Å²) < 4.78 is 12.5. The van der Waals surface area contributed by atoms with Gasteiger partial charge in [-0.2, -0.15) is 0 Å². The van der Waals surface area contributed by atoms with Gasteiger partial charge in [0.15, 0.2) is 0 Å². The average Bonchev–Trinajstić information content (AvgIpc) is 2.99. The highest BCUT2D eigenvalue weighted by Gasteiger charge is 2.37. The molecule has 2 unspecified atom stereocenters. The molecule has 5 aromatic rings. The summed E-state index contributed by atoms with van der Waals surface area (Å²) in [6.45, 7) is 4.70. The smallest absolute Gasteiger partial charge is 0.144 e. The van der Waals surface area contributed by atoms with Crippen LogP contribution < -0.4 is 10.0 Å². The van der Waals surface area contributed by atoms with Crippen LogP contribution in [0.4, 0.5) is 0 Å². The molecule has 38 heavy (non-hydrogen) atoms. The lowest BCUT2D eigenvalue weighted by atomic mass is 9.80. The van der Waals surface area contributed by atoms with E-state index in [9.17, 15) is 0 Å². The second-order valence-electron chi connectivity index (χ2n) is 9.31. The minimum atomic E-state index is -0.807. The minimum Gasteiger partial charge on any atom is -0.497 e. The molecule has 2 atom stereocenters. The molecular weight excluding hydrogens is 485 g/mol. The van der Waals surface area contributed by atoms with E-state index in [-0.39, 0.29) is 0 Å². The number of nitrogens with zero attached hydrogens (tertiary/aromatic N) is 1. The molecule has 0 saturated carbocycles. The van der Waals surface area contributed by atoms with Crippen LogP contribution in [0.1, 0.15) is 27.8 Å². The molecule has 0 fully saturated rings. The summed E-state index contributed by atoms with van der Waals surface area (Å²) in [6, 6.07) is 40.0. The Labute approximate surface area is 227 Å². The Hall–Kier alpha value is -3.78. The van der Waals surface area contributed by atoms with Gasteiger partial charge in [-0.15, -0.1) is 0 Å². The van der Waals surface area contributed by atoms with Crippen LogP contribution in [0, 0.1) is 6.92 Å². The zero-order valence-corrected chi connectivity index (χ0v) is 23.0. The van der Waals surface area contributed by atoms with Crippen LogP contribution in [0.3, 0.4) is 0 Å². The number of methoxy groups -OCH3 is 1. The van der Waals surface area contributed by atoms with Gasteiger partial charge in [-0.05, 0) is 65.4 Å². The van der Waals surface area contributed by atoms with Crippen LogP contribution in [0.2, 0.25) is 0 Å². The average molecular weight is 518 g/mol. The Balaban J connectivity index is 1.56. The van der Waals surface area contributed by atoms with Gasteiger partial charge in [0.2, 0.25) is 0 Å². The van der Waals surface area contributed by atoms with E-state index in [0.29, 0.717) is 6.61 Å². The van der Waals surface area contributed by atoms with Gasteiger partial charge in [-0.3, -0.25) is 4.98 Å². The molecule has 1 heterocycles. The van der Waals surface area contributed by atoms with Crippen molar-refractivity contribution in [2.75, 3.05) is 13.8 Å². The third kappa shape index (κ3) is 5.41. The highest BCUT2D eigenvalue weighted by Crippen LogP contribution is 2.41. The minimum absolute atomic E-state index is 0.402. The maximum absolute atomic E-state index is 7.01. The second-order valence-corrected chi connectivity index (χ2v) is 10.4. The molecular formula is C34H32NO2P. The van der Waals surface area contributed by atoms with Gasteiger partial charge in [0.25, 0.3) is 0 Å². The molecule has 0 amide bonds. The molecule has 0 aliphatic heterocycles. The number of hydrogen-bond acceptors (Lipinski definition) is 3. The van der Waals surface area contributed by atoms with E-state index >= 15 is 0 Å². The normalized spacial score (nSPS) is 12.9. The number of aryl methyl sites for hydroxylation is 1. The van der Waals surface area contributed by atoms with Gasteiger partial charge in [-0.25, -0.2) is 0 Å². The number of hydrogen-bond donors (Lipinski definition) is 0. The third-order valence-corrected chi connectivity index (χ3v) is 7.76. The molecule has 0 saturated heterocycles. The summed E-state index contributed by atoms with van der Waals surface area (Å²) in [5.74, 6) is 0.814. The van der Waals surface area contributed by atoms with Crippen molar-refractivity contribution >= 4 is 13.9 Å². The topological polar surface area (TPSA) is 31.4 Å². The quantitative estimate of drug-likeness (QED) is 0.150.